The Morgan fingerprint density at radius 1 is 0.902 bits per heavy atom. The van der Waals surface area contributed by atoms with Gasteiger partial charge in [-0.3, -0.25) is 24.1 Å². The third-order valence-corrected chi connectivity index (χ3v) is 17.0. The second-order valence-corrected chi connectivity index (χ2v) is 23.7. The standard InChI is InChI=1S/C61H77N11O9S/c1-8-54(75)71-25-24-70(32-44(71)20-22-62)57-49-21-23-69(51-15-11-13-42-12-9-10-14-48(42)51)35-50(49)65-60(67-57)81-36-45-30-47(34-68(45)7)80-29-28-78-26-27-79-37-53(74)66-56(61(4,5)6)59(77)72-33-46(73)31-52(72)58(76)64-39(2)41-16-18-43(19-17-41)55-40(3)63-38-82-55/h8-19,38-39,44-47,52,56,73H,1,20-21,23-37H2,2-7H3,(H,64,76)(H,66,74)/t39?,44-,45-,46+,47+,52-,56?/m0/s1. The Morgan fingerprint density at radius 2 is 1.67 bits per heavy atom. The number of carbonyl (C=O) groups excluding carboxylic acids is 4. The highest BCUT2D eigenvalue weighted by Crippen LogP contribution is 2.36. The number of rotatable bonds is 22. The van der Waals surface area contributed by atoms with Crippen molar-refractivity contribution in [2.45, 2.75) is 109 Å². The molecule has 4 aliphatic rings. The summed E-state index contributed by atoms with van der Waals surface area (Å²) < 4.78 is 24.2. The minimum absolute atomic E-state index is 0.0320. The molecule has 9 rings (SSSR count). The minimum Gasteiger partial charge on any atom is -0.462 e. The normalized spacial score (nSPS) is 21.0. The summed E-state index contributed by atoms with van der Waals surface area (Å²) in [6.07, 6.45) is 2.07. The Balaban J connectivity index is 0.719. The van der Waals surface area contributed by atoms with Gasteiger partial charge in [0.15, 0.2) is 0 Å². The average Bonchev–Trinajstić information content (AvgIpc) is 3.86. The van der Waals surface area contributed by atoms with Gasteiger partial charge in [-0.25, -0.2) is 4.98 Å². The zero-order valence-corrected chi connectivity index (χ0v) is 48.7. The number of aryl methyl sites for hydroxylation is 1. The lowest BCUT2D eigenvalue weighted by Crippen LogP contribution is -2.58. The van der Waals surface area contributed by atoms with Crippen LogP contribution in [0.3, 0.4) is 0 Å². The molecule has 6 heterocycles. The van der Waals surface area contributed by atoms with Gasteiger partial charge < -0.3 is 54.3 Å². The summed E-state index contributed by atoms with van der Waals surface area (Å²) in [6.45, 7) is 17.6. The van der Waals surface area contributed by atoms with Crippen LogP contribution >= 0.6 is 11.3 Å². The first-order valence-corrected chi connectivity index (χ1v) is 29.2. The van der Waals surface area contributed by atoms with Crippen molar-refractivity contribution in [3.05, 3.63) is 107 Å². The highest BCUT2D eigenvalue weighted by atomic mass is 32.1. The maximum Gasteiger partial charge on any atom is 0.318 e. The number of nitrogens with zero attached hydrogens (tertiary/aromatic N) is 9. The number of amides is 4. The summed E-state index contributed by atoms with van der Waals surface area (Å²) in [5.41, 5.74) is 7.07. The Kier molecular flexibility index (Phi) is 19.5. The van der Waals surface area contributed by atoms with Gasteiger partial charge in [-0.05, 0) is 67.8 Å². The van der Waals surface area contributed by atoms with Crippen molar-refractivity contribution in [1.29, 1.82) is 5.26 Å². The van der Waals surface area contributed by atoms with Gasteiger partial charge in [-0.15, -0.1) is 11.3 Å². The maximum atomic E-state index is 14.2. The summed E-state index contributed by atoms with van der Waals surface area (Å²) in [4.78, 5) is 79.3. The topological polar surface area (TPSA) is 228 Å². The van der Waals surface area contributed by atoms with Crippen molar-refractivity contribution in [2.75, 3.05) is 95.8 Å². The molecule has 5 aromatic rings. The molecule has 0 saturated carbocycles. The van der Waals surface area contributed by atoms with E-state index < -0.39 is 35.4 Å². The lowest BCUT2D eigenvalue weighted by atomic mass is 9.85. The largest absolute Gasteiger partial charge is 0.462 e. The predicted octanol–water partition coefficient (Wildman–Crippen LogP) is 5.61. The number of aliphatic hydroxyl groups excluding tert-OH is 1. The van der Waals surface area contributed by atoms with E-state index >= 15 is 0 Å². The van der Waals surface area contributed by atoms with Crippen molar-refractivity contribution < 1.29 is 43.2 Å². The van der Waals surface area contributed by atoms with E-state index in [9.17, 15) is 29.5 Å². The van der Waals surface area contributed by atoms with Crippen LogP contribution in [0.5, 0.6) is 6.01 Å². The molecule has 0 radical (unpaired) electrons. The van der Waals surface area contributed by atoms with E-state index in [2.05, 4.69) is 85.4 Å². The summed E-state index contributed by atoms with van der Waals surface area (Å²) in [5.74, 6) is -0.724. The monoisotopic (exact) mass is 1140 g/mol. The number of likely N-dealkylation sites (N-methyl/N-ethyl adjacent to an activating group) is 1. The molecular formula is C61H77N11O9S. The number of ether oxygens (including phenoxy) is 4. The number of thiazole rings is 1. The molecule has 4 aliphatic heterocycles. The molecule has 20 nitrogen and oxygen atoms in total. The van der Waals surface area contributed by atoms with Gasteiger partial charge in [0.1, 0.15) is 31.1 Å². The van der Waals surface area contributed by atoms with Gasteiger partial charge in [0, 0.05) is 68.4 Å². The van der Waals surface area contributed by atoms with Crippen LogP contribution < -0.4 is 25.2 Å². The first-order chi connectivity index (χ1) is 39.5. The van der Waals surface area contributed by atoms with Gasteiger partial charge in [0.05, 0.1) is 91.5 Å². The number of benzene rings is 3. The number of aliphatic hydroxyl groups is 1. The van der Waals surface area contributed by atoms with Crippen molar-refractivity contribution in [1.82, 2.24) is 40.3 Å². The number of hydrogen-bond donors (Lipinski definition) is 3. The van der Waals surface area contributed by atoms with Gasteiger partial charge >= 0.3 is 6.01 Å². The van der Waals surface area contributed by atoms with Crippen LogP contribution in [-0.2, 0) is 46.4 Å². The molecule has 3 saturated heterocycles. The molecule has 3 fully saturated rings. The average molecular weight is 1140 g/mol. The first kappa shape index (κ1) is 59.6. The second kappa shape index (κ2) is 26.9. The van der Waals surface area contributed by atoms with E-state index in [1.165, 1.54) is 21.7 Å². The van der Waals surface area contributed by atoms with Gasteiger partial charge in [0.2, 0.25) is 23.6 Å². The van der Waals surface area contributed by atoms with Crippen molar-refractivity contribution in [3.63, 3.8) is 0 Å². The molecule has 0 aliphatic carbocycles. The number of aromatic nitrogens is 3. The van der Waals surface area contributed by atoms with E-state index in [0.29, 0.717) is 59.0 Å². The molecule has 4 amide bonds. The Bertz CT molecular complexity index is 3100. The van der Waals surface area contributed by atoms with Crippen molar-refractivity contribution >= 4 is 57.2 Å². The van der Waals surface area contributed by atoms with Crippen LogP contribution in [0.25, 0.3) is 21.2 Å². The van der Waals surface area contributed by atoms with E-state index in [4.69, 9.17) is 28.9 Å². The second-order valence-electron chi connectivity index (χ2n) is 22.8. The van der Waals surface area contributed by atoms with Crippen LogP contribution in [0.4, 0.5) is 11.5 Å². The summed E-state index contributed by atoms with van der Waals surface area (Å²) >= 11 is 1.57. The Hall–Kier alpha value is -7.06. The molecule has 0 spiro atoms. The van der Waals surface area contributed by atoms with E-state index in [0.717, 1.165) is 57.4 Å². The third-order valence-electron chi connectivity index (χ3n) is 16.0. The Morgan fingerprint density at radius 3 is 2.43 bits per heavy atom. The SMILES string of the molecule is C=CC(=O)N1CCN(c2nc(OC[C@@H]3C[C@@H](OCCOCCOCC(=O)NC(C(=O)N4C[C@H](O)C[C@H]4C(=O)NC(C)c4ccc(-c5scnc5C)cc4)C(C)(C)C)CN3C)nc3c2CCN(c2cccc4ccccc24)C3)C[C@@H]1CC#N. The van der Waals surface area contributed by atoms with Gasteiger partial charge in [-0.2, -0.15) is 15.2 Å². The number of likely N-dealkylation sites (tertiary alicyclic amines) is 2. The number of carbonyl (C=O) groups is 4. The number of anilines is 2. The number of nitrogens with one attached hydrogen (secondary N) is 2. The van der Waals surface area contributed by atoms with E-state index in [-0.39, 0.29) is 81.3 Å². The third kappa shape index (κ3) is 14.2. The number of fused-ring (bicyclic) bond motifs is 2. The minimum atomic E-state index is -0.990. The predicted molar refractivity (Wildman–Crippen MR) is 313 cm³/mol. The lowest BCUT2D eigenvalue weighted by Gasteiger charge is -2.42. The molecule has 2 unspecified atom stereocenters. The molecule has 0 bridgehead atoms. The highest BCUT2D eigenvalue weighted by molar-refractivity contribution is 7.13. The fraction of sp³-hybridized carbons (Fsp3) is 0.508. The Labute approximate surface area is 484 Å². The summed E-state index contributed by atoms with van der Waals surface area (Å²) in [7, 11) is 2.04. The molecule has 21 heteroatoms. The maximum absolute atomic E-state index is 14.2. The number of piperazine rings is 1. The quantitative estimate of drug-likeness (QED) is 0.0565. The van der Waals surface area contributed by atoms with Crippen molar-refractivity contribution in [3.8, 4) is 22.5 Å². The number of hydrogen-bond acceptors (Lipinski definition) is 17. The summed E-state index contributed by atoms with van der Waals surface area (Å²) in [6, 6.07) is 22.7. The molecule has 7 atom stereocenters. The molecule has 82 heavy (non-hydrogen) atoms. The number of nitriles is 1. The molecule has 3 aromatic carbocycles. The van der Waals surface area contributed by atoms with Crippen LogP contribution in [0.1, 0.15) is 75.5 Å². The lowest BCUT2D eigenvalue weighted by molar-refractivity contribution is -0.144. The van der Waals surface area contributed by atoms with Crippen LogP contribution in [0, 0.1) is 23.7 Å². The van der Waals surface area contributed by atoms with Gasteiger partial charge in [-0.1, -0.05) is 88.0 Å². The van der Waals surface area contributed by atoms with Crippen molar-refractivity contribution in [2.24, 2.45) is 5.41 Å². The fourth-order valence-electron chi connectivity index (χ4n) is 11.5. The van der Waals surface area contributed by atoms with Crippen LogP contribution in [0.2, 0.25) is 0 Å². The van der Waals surface area contributed by atoms with Crippen LogP contribution in [0.15, 0.2) is 84.9 Å². The molecule has 436 valence electrons. The highest BCUT2D eigenvalue weighted by Gasteiger charge is 2.45. The smallest absolute Gasteiger partial charge is 0.318 e. The van der Waals surface area contributed by atoms with E-state index in [1.807, 2.05) is 71.4 Å². The zero-order chi connectivity index (χ0) is 58.1. The first-order valence-electron chi connectivity index (χ1n) is 28.4. The fourth-order valence-corrected chi connectivity index (χ4v) is 12.3. The molecule has 3 N–H and O–H groups in total. The van der Waals surface area contributed by atoms with Crippen LogP contribution in [-0.4, -0.2) is 181 Å². The summed E-state index contributed by atoms with van der Waals surface area (Å²) in [5, 5.41) is 28.6. The molecular weight excluding hydrogens is 1060 g/mol. The number of β-amino-alcohol motifs (C(OH)–C–C–N with tert-alkyl or cyclic N) is 1. The molecule has 2 aromatic heterocycles. The van der Waals surface area contributed by atoms with Gasteiger partial charge in [0.25, 0.3) is 0 Å². The zero-order valence-electron chi connectivity index (χ0n) is 47.9. The van der Waals surface area contributed by atoms with E-state index in [1.54, 1.807) is 16.2 Å².